The predicted octanol–water partition coefficient (Wildman–Crippen LogP) is 3.63. The molecule has 4 rings (SSSR count). The molecule has 0 saturated carbocycles. The minimum atomic E-state index is -0.0661. The second kappa shape index (κ2) is 6.57. The molecule has 0 aliphatic rings. The molecule has 0 saturated heterocycles. The second-order valence-corrected chi connectivity index (χ2v) is 6.66. The summed E-state index contributed by atoms with van der Waals surface area (Å²) in [5.41, 5.74) is 1.72. The molecular weight excluding hydrogens is 332 g/mol. The number of hydrogen-bond acceptors (Lipinski definition) is 4. The Balaban J connectivity index is 1.38. The van der Waals surface area contributed by atoms with E-state index in [1.54, 1.807) is 0 Å². The monoisotopic (exact) mass is 350 g/mol. The third kappa shape index (κ3) is 2.96. The van der Waals surface area contributed by atoms with Gasteiger partial charge in [-0.2, -0.15) is 4.37 Å². The van der Waals surface area contributed by atoms with Gasteiger partial charge in [-0.25, -0.2) is 0 Å². The van der Waals surface area contributed by atoms with Crippen molar-refractivity contribution in [1.82, 2.24) is 14.3 Å². The molecule has 2 aromatic heterocycles. The molecule has 2 aromatic carbocycles. The van der Waals surface area contributed by atoms with E-state index in [0.29, 0.717) is 18.8 Å². The number of carbonyl (C=O) groups excluding carboxylic acids is 1. The van der Waals surface area contributed by atoms with Gasteiger partial charge < -0.3 is 15.2 Å². The molecule has 2 N–H and O–H groups in total. The van der Waals surface area contributed by atoms with E-state index in [4.69, 9.17) is 0 Å². The fourth-order valence-electron chi connectivity index (χ4n) is 2.97. The van der Waals surface area contributed by atoms with Crippen LogP contribution in [0.25, 0.3) is 21.0 Å². The standard InChI is InChI=1S/C19H18N4OS/c1-23-15-8-4-2-6-13(15)12-16(23)19(24)21-11-10-20-18-14-7-3-5-9-17(14)25-22-18/h2-9,12H,10-11H2,1H3,(H,20,22)(H,21,24). The van der Waals surface area contributed by atoms with Crippen LogP contribution in [-0.2, 0) is 7.05 Å². The van der Waals surface area contributed by atoms with Crippen LogP contribution in [0.5, 0.6) is 0 Å². The Hall–Kier alpha value is -2.86. The van der Waals surface area contributed by atoms with Crippen LogP contribution in [0.4, 0.5) is 5.82 Å². The normalized spacial score (nSPS) is 11.1. The lowest BCUT2D eigenvalue weighted by molar-refractivity contribution is 0.0947. The number of anilines is 1. The number of fused-ring (bicyclic) bond motifs is 2. The van der Waals surface area contributed by atoms with Gasteiger partial charge in [0.15, 0.2) is 0 Å². The Morgan fingerprint density at radius 1 is 1.12 bits per heavy atom. The zero-order valence-corrected chi connectivity index (χ0v) is 14.6. The Labute approximate surface area is 149 Å². The van der Waals surface area contributed by atoms with Crippen molar-refractivity contribution < 1.29 is 4.79 Å². The van der Waals surface area contributed by atoms with E-state index in [1.165, 1.54) is 11.5 Å². The molecule has 126 valence electrons. The molecule has 0 aliphatic carbocycles. The van der Waals surface area contributed by atoms with Crippen molar-refractivity contribution in [3.63, 3.8) is 0 Å². The van der Waals surface area contributed by atoms with E-state index >= 15 is 0 Å². The molecule has 0 unspecified atom stereocenters. The quantitative estimate of drug-likeness (QED) is 0.540. The van der Waals surface area contributed by atoms with Crippen LogP contribution in [0.15, 0.2) is 54.6 Å². The summed E-state index contributed by atoms with van der Waals surface area (Å²) in [6, 6.07) is 18.0. The fourth-order valence-corrected chi connectivity index (χ4v) is 3.72. The molecule has 1 amide bonds. The lowest BCUT2D eigenvalue weighted by Gasteiger charge is -2.07. The Morgan fingerprint density at radius 3 is 2.80 bits per heavy atom. The van der Waals surface area contributed by atoms with Gasteiger partial charge in [-0.3, -0.25) is 4.79 Å². The first-order valence-electron chi connectivity index (χ1n) is 8.15. The number of aryl methyl sites for hydroxylation is 1. The van der Waals surface area contributed by atoms with Gasteiger partial charge in [0.05, 0.1) is 4.70 Å². The van der Waals surface area contributed by atoms with Crippen LogP contribution in [0, 0.1) is 0 Å². The summed E-state index contributed by atoms with van der Waals surface area (Å²) in [6.45, 7) is 1.16. The summed E-state index contributed by atoms with van der Waals surface area (Å²) < 4.78 is 7.51. The minimum absolute atomic E-state index is 0.0661. The Kier molecular flexibility index (Phi) is 4.11. The summed E-state index contributed by atoms with van der Waals surface area (Å²) in [4.78, 5) is 12.4. The maximum atomic E-state index is 12.4. The second-order valence-electron chi connectivity index (χ2n) is 5.86. The molecule has 25 heavy (non-hydrogen) atoms. The number of amides is 1. The van der Waals surface area contributed by atoms with Crippen LogP contribution < -0.4 is 10.6 Å². The van der Waals surface area contributed by atoms with Crippen LogP contribution in [0.1, 0.15) is 10.5 Å². The molecule has 0 bridgehead atoms. The van der Waals surface area contributed by atoms with Crippen LogP contribution >= 0.6 is 11.5 Å². The van der Waals surface area contributed by atoms with E-state index in [-0.39, 0.29) is 5.91 Å². The van der Waals surface area contributed by atoms with Crippen molar-refractivity contribution in [1.29, 1.82) is 0 Å². The van der Waals surface area contributed by atoms with E-state index in [9.17, 15) is 4.79 Å². The summed E-state index contributed by atoms with van der Waals surface area (Å²) in [5.74, 6) is 0.808. The molecule has 6 heteroatoms. The van der Waals surface area contributed by atoms with Crippen LogP contribution in [0.2, 0.25) is 0 Å². The largest absolute Gasteiger partial charge is 0.367 e. The third-order valence-corrected chi connectivity index (χ3v) is 5.09. The zero-order chi connectivity index (χ0) is 17.2. The summed E-state index contributed by atoms with van der Waals surface area (Å²) in [5, 5.41) is 8.45. The molecule has 0 atom stereocenters. The highest BCUT2D eigenvalue weighted by Gasteiger charge is 2.12. The molecule has 0 spiro atoms. The average molecular weight is 350 g/mol. The highest BCUT2D eigenvalue weighted by Crippen LogP contribution is 2.25. The van der Waals surface area contributed by atoms with Crippen LogP contribution in [-0.4, -0.2) is 27.9 Å². The number of hydrogen-bond donors (Lipinski definition) is 2. The van der Waals surface area contributed by atoms with Crippen molar-refractivity contribution in [2.45, 2.75) is 0 Å². The molecule has 0 fully saturated rings. The SMILES string of the molecule is Cn1c(C(=O)NCCNc2nsc3ccccc23)cc2ccccc21. The van der Waals surface area contributed by atoms with Crippen molar-refractivity contribution in [2.24, 2.45) is 7.05 Å². The predicted molar refractivity (Wildman–Crippen MR) is 103 cm³/mol. The topological polar surface area (TPSA) is 59.0 Å². The van der Waals surface area contributed by atoms with E-state index in [0.717, 1.165) is 26.8 Å². The first-order chi connectivity index (χ1) is 12.2. The van der Waals surface area contributed by atoms with Crippen molar-refractivity contribution >= 4 is 44.2 Å². The number of nitrogens with one attached hydrogen (secondary N) is 2. The van der Waals surface area contributed by atoms with Crippen molar-refractivity contribution in [3.8, 4) is 0 Å². The highest BCUT2D eigenvalue weighted by atomic mass is 32.1. The molecule has 0 aliphatic heterocycles. The number of rotatable bonds is 5. The van der Waals surface area contributed by atoms with Gasteiger partial charge in [-0.1, -0.05) is 30.3 Å². The van der Waals surface area contributed by atoms with Gasteiger partial charge in [0, 0.05) is 36.4 Å². The fraction of sp³-hybridized carbons (Fsp3) is 0.158. The lowest BCUT2D eigenvalue weighted by atomic mass is 10.2. The molecule has 4 aromatic rings. The molecular formula is C19H18N4OS. The first-order valence-corrected chi connectivity index (χ1v) is 8.92. The smallest absolute Gasteiger partial charge is 0.267 e. The molecule has 5 nitrogen and oxygen atoms in total. The summed E-state index contributed by atoms with van der Waals surface area (Å²) >= 11 is 1.48. The van der Waals surface area contributed by atoms with E-state index in [1.807, 2.05) is 54.1 Å². The van der Waals surface area contributed by atoms with Gasteiger partial charge in [0.25, 0.3) is 5.91 Å². The maximum Gasteiger partial charge on any atom is 0.267 e. The average Bonchev–Trinajstić information content (AvgIpc) is 3.20. The van der Waals surface area contributed by atoms with E-state index in [2.05, 4.69) is 27.1 Å². The molecule has 0 radical (unpaired) electrons. The summed E-state index contributed by atoms with van der Waals surface area (Å²) in [7, 11) is 1.91. The van der Waals surface area contributed by atoms with Crippen molar-refractivity contribution in [3.05, 3.63) is 60.3 Å². The number of carbonyl (C=O) groups is 1. The minimum Gasteiger partial charge on any atom is -0.367 e. The Morgan fingerprint density at radius 2 is 1.92 bits per heavy atom. The third-order valence-electron chi connectivity index (χ3n) is 4.26. The molecule has 2 heterocycles. The van der Waals surface area contributed by atoms with Gasteiger partial charge in [-0.05, 0) is 35.8 Å². The number of nitrogens with zero attached hydrogens (tertiary/aromatic N) is 2. The maximum absolute atomic E-state index is 12.4. The van der Waals surface area contributed by atoms with Gasteiger partial charge in [-0.15, -0.1) is 0 Å². The van der Waals surface area contributed by atoms with Gasteiger partial charge >= 0.3 is 0 Å². The highest BCUT2D eigenvalue weighted by molar-refractivity contribution is 7.13. The van der Waals surface area contributed by atoms with Gasteiger partial charge in [0.1, 0.15) is 11.5 Å². The van der Waals surface area contributed by atoms with Gasteiger partial charge in [0.2, 0.25) is 0 Å². The van der Waals surface area contributed by atoms with Crippen molar-refractivity contribution in [2.75, 3.05) is 18.4 Å². The lowest BCUT2D eigenvalue weighted by Crippen LogP contribution is -2.30. The number of aromatic nitrogens is 2. The van der Waals surface area contributed by atoms with E-state index < -0.39 is 0 Å². The summed E-state index contributed by atoms with van der Waals surface area (Å²) in [6.07, 6.45) is 0. The Bertz CT molecular complexity index is 1050. The first kappa shape index (κ1) is 15.7. The zero-order valence-electron chi connectivity index (χ0n) is 13.8. The van der Waals surface area contributed by atoms with Crippen LogP contribution in [0.3, 0.4) is 0 Å². The number of benzene rings is 2. The number of para-hydroxylation sites is 1.